The summed E-state index contributed by atoms with van der Waals surface area (Å²) in [7, 11) is 0. The van der Waals surface area contributed by atoms with Gasteiger partial charge >= 0.3 is 11.9 Å². The van der Waals surface area contributed by atoms with Gasteiger partial charge in [0, 0.05) is 22.1 Å². The van der Waals surface area contributed by atoms with E-state index in [9.17, 15) is 19.8 Å². The fraction of sp³-hybridized carbons (Fsp3) is 0.700. The van der Waals surface area contributed by atoms with Crippen LogP contribution in [0.4, 0.5) is 0 Å². The molecule has 1 heterocycles. The third-order valence-corrected chi connectivity index (χ3v) is 6.96. The van der Waals surface area contributed by atoms with E-state index >= 15 is 0 Å². The zero-order valence-electron chi connectivity index (χ0n) is 16.0. The maximum Gasteiger partial charge on any atom is 0.334 e. The number of carbonyl (C=O) groups is 2. The second-order valence-electron chi connectivity index (χ2n) is 8.06. The number of ether oxygens (including phenoxy) is 2. The van der Waals surface area contributed by atoms with Crippen molar-refractivity contribution < 1.29 is 29.3 Å². The number of carbonyl (C=O) groups excluding carboxylic acids is 2. The minimum Gasteiger partial charge on any atom is -0.454 e. The van der Waals surface area contributed by atoms with Gasteiger partial charge in [0.05, 0.1) is 12.2 Å². The summed E-state index contributed by atoms with van der Waals surface area (Å²) in [6.45, 7) is 8.93. The minimum absolute atomic E-state index is 0.212. The van der Waals surface area contributed by atoms with Crippen LogP contribution in [-0.4, -0.2) is 46.6 Å². The van der Waals surface area contributed by atoms with E-state index in [0.29, 0.717) is 29.6 Å². The molecule has 3 rings (SSSR count). The highest BCUT2D eigenvalue weighted by atomic mass is 16.6. The van der Waals surface area contributed by atoms with E-state index in [1.54, 1.807) is 26.8 Å². The van der Waals surface area contributed by atoms with Crippen LogP contribution < -0.4 is 0 Å². The molecule has 2 aliphatic carbocycles. The van der Waals surface area contributed by atoms with Gasteiger partial charge < -0.3 is 19.7 Å². The first kappa shape index (κ1) is 19.1. The van der Waals surface area contributed by atoms with E-state index in [2.05, 4.69) is 0 Å². The highest BCUT2D eigenvalue weighted by Gasteiger charge is 2.63. The fourth-order valence-electron chi connectivity index (χ4n) is 4.89. The number of hydrogen-bond acceptors (Lipinski definition) is 6. The van der Waals surface area contributed by atoms with Crippen molar-refractivity contribution in [3.8, 4) is 0 Å². The summed E-state index contributed by atoms with van der Waals surface area (Å²) in [4.78, 5) is 24.7. The average Bonchev–Trinajstić information content (AvgIpc) is 2.90. The van der Waals surface area contributed by atoms with Crippen molar-refractivity contribution in [2.75, 3.05) is 0 Å². The quantitative estimate of drug-likeness (QED) is 0.574. The van der Waals surface area contributed by atoms with Crippen molar-refractivity contribution in [1.29, 1.82) is 0 Å². The normalized spacial score (nSPS) is 42.9. The van der Waals surface area contributed by atoms with E-state index in [-0.39, 0.29) is 11.8 Å². The predicted octanol–water partition coefficient (Wildman–Crippen LogP) is 1.89. The van der Waals surface area contributed by atoms with Crippen molar-refractivity contribution in [2.24, 2.45) is 17.3 Å². The Morgan fingerprint density at radius 3 is 2.62 bits per heavy atom. The molecule has 144 valence electrons. The molecular weight excluding hydrogens is 336 g/mol. The molecule has 0 aromatic carbocycles. The topological polar surface area (TPSA) is 93.1 Å². The van der Waals surface area contributed by atoms with Gasteiger partial charge in [-0.15, -0.1) is 0 Å². The molecule has 0 aromatic heterocycles. The number of allylic oxidation sites excluding steroid dienone is 1. The number of rotatable bonds is 2. The molecule has 3 aliphatic rings. The zero-order valence-corrected chi connectivity index (χ0v) is 16.0. The molecule has 26 heavy (non-hydrogen) atoms. The van der Waals surface area contributed by atoms with E-state index in [4.69, 9.17) is 9.47 Å². The Hall–Kier alpha value is -1.66. The van der Waals surface area contributed by atoms with Gasteiger partial charge in [0.1, 0.15) is 6.10 Å². The van der Waals surface area contributed by atoms with Gasteiger partial charge in [-0.1, -0.05) is 19.9 Å². The Labute approximate surface area is 153 Å². The summed E-state index contributed by atoms with van der Waals surface area (Å²) in [6.07, 6.45) is -0.113. The van der Waals surface area contributed by atoms with Gasteiger partial charge in [-0.25, -0.2) is 9.59 Å². The molecule has 6 heteroatoms. The highest BCUT2D eigenvalue weighted by Crippen LogP contribution is 2.58. The average molecular weight is 364 g/mol. The first-order valence-electron chi connectivity index (χ1n) is 9.26. The smallest absolute Gasteiger partial charge is 0.334 e. The molecule has 7 unspecified atom stereocenters. The Bertz CT molecular complexity index is 692. The number of esters is 2. The maximum atomic E-state index is 12.5. The second-order valence-corrected chi connectivity index (χ2v) is 8.06. The van der Waals surface area contributed by atoms with E-state index in [0.717, 1.165) is 0 Å². The highest BCUT2D eigenvalue weighted by molar-refractivity contribution is 5.93. The summed E-state index contributed by atoms with van der Waals surface area (Å²) >= 11 is 0. The molecule has 0 amide bonds. The summed E-state index contributed by atoms with van der Waals surface area (Å²) in [6, 6.07) is 0. The summed E-state index contributed by atoms with van der Waals surface area (Å²) in [5, 5.41) is 21.4. The Kier molecular flexibility index (Phi) is 4.78. The van der Waals surface area contributed by atoms with Crippen LogP contribution >= 0.6 is 0 Å². The number of aliphatic hydroxyl groups excluding tert-OH is 2. The van der Waals surface area contributed by atoms with Gasteiger partial charge in [0.15, 0.2) is 6.10 Å². The lowest BCUT2D eigenvalue weighted by molar-refractivity contribution is -0.199. The van der Waals surface area contributed by atoms with Crippen LogP contribution in [0.2, 0.25) is 0 Å². The fourth-order valence-corrected chi connectivity index (χ4v) is 4.89. The summed E-state index contributed by atoms with van der Waals surface area (Å²) < 4.78 is 11.3. The first-order valence-corrected chi connectivity index (χ1v) is 9.26. The summed E-state index contributed by atoms with van der Waals surface area (Å²) in [5.41, 5.74) is 0.707. The lowest BCUT2D eigenvalue weighted by atomic mass is 9.51. The molecular formula is C20H28O6. The van der Waals surface area contributed by atoms with Crippen molar-refractivity contribution in [1.82, 2.24) is 0 Å². The third kappa shape index (κ3) is 2.54. The van der Waals surface area contributed by atoms with E-state index in [1.807, 2.05) is 13.8 Å². The molecule has 7 atom stereocenters. The van der Waals surface area contributed by atoms with E-state index < -0.39 is 41.8 Å². The van der Waals surface area contributed by atoms with Gasteiger partial charge in [-0.05, 0) is 45.4 Å². The van der Waals surface area contributed by atoms with Gasteiger partial charge in [-0.3, -0.25) is 0 Å². The molecule has 2 N–H and O–H groups in total. The molecule has 2 saturated carbocycles. The van der Waals surface area contributed by atoms with Crippen LogP contribution in [0.3, 0.4) is 0 Å². The molecule has 6 nitrogen and oxygen atoms in total. The van der Waals surface area contributed by atoms with Crippen LogP contribution in [0, 0.1) is 17.3 Å². The SMILES string of the molecule is CC=C(C)C(=O)OC1C2=C(C)C(=O)OC2C(O)C2CCC(O)C(C)C12C. The third-order valence-electron chi connectivity index (χ3n) is 6.96. The van der Waals surface area contributed by atoms with Crippen LogP contribution in [0.15, 0.2) is 22.8 Å². The minimum atomic E-state index is -0.871. The first-order chi connectivity index (χ1) is 12.1. The Balaban J connectivity index is 2.13. The van der Waals surface area contributed by atoms with Crippen molar-refractivity contribution >= 4 is 11.9 Å². The standard InChI is InChI=1S/C20H28O6/c1-6-9(2)18(23)26-17-14-10(3)19(24)25-16(14)15(22)12-7-8-13(21)11(4)20(12,17)5/h6,11-13,15-17,21-22H,7-8H2,1-5H3. The molecule has 2 fully saturated rings. The van der Waals surface area contributed by atoms with Crippen LogP contribution in [0.5, 0.6) is 0 Å². The zero-order chi connectivity index (χ0) is 19.4. The van der Waals surface area contributed by atoms with Crippen LogP contribution in [0.1, 0.15) is 47.5 Å². The lowest BCUT2D eigenvalue weighted by Crippen LogP contribution is -2.63. The monoisotopic (exact) mass is 364 g/mol. The van der Waals surface area contributed by atoms with E-state index in [1.165, 1.54) is 0 Å². The maximum absolute atomic E-state index is 12.5. The lowest BCUT2D eigenvalue weighted by Gasteiger charge is -2.57. The Morgan fingerprint density at radius 1 is 1.35 bits per heavy atom. The molecule has 1 aliphatic heterocycles. The van der Waals surface area contributed by atoms with Crippen LogP contribution in [0.25, 0.3) is 0 Å². The van der Waals surface area contributed by atoms with Crippen molar-refractivity contribution in [3.63, 3.8) is 0 Å². The van der Waals surface area contributed by atoms with Crippen LogP contribution in [-0.2, 0) is 19.1 Å². The van der Waals surface area contributed by atoms with Gasteiger partial charge in [0.25, 0.3) is 0 Å². The predicted molar refractivity (Wildman–Crippen MR) is 93.9 cm³/mol. The number of fused-ring (bicyclic) bond motifs is 2. The van der Waals surface area contributed by atoms with Crippen molar-refractivity contribution in [3.05, 3.63) is 22.8 Å². The number of aliphatic hydroxyl groups is 2. The molecule has 0 spiro atoms. The van der Waals surface area contributed by atoms with Crippen molar-refractivity contribution in [2.45, 2.75) is 71.9 Å². The molecule has 0 radical (unpaired) electrons. The number of hydrogen-bond donors (Lipinski definition) is 2. The largest absolute Gasteiger partial charge is 0.454 e. The molecule has 0 bridgehead atoms. The molecule has 0 saturated heterocycles. The summed E-state index contributed by atoms with van der Waals surface area (Å²) in [5.74, 6) is -1.39. The second kappa shape index (κ2) is 6.50. The van der Waals surface area contributed by atoms with Gasteiger partial charge in [0.2, 0.25) is 0 Å². The molecule has 0 aromatic rings. The van der Waals surface area contributed by atoms with Gasteiger partial charge in [-0.2, -0.15) is 0 Å². The Morgan fingerprint density at radius 2 is 2.00 bits per heavy atom.